The number of Topliss-reactive ketones (excluding diaryl/α,β-unsaturated/α-hetero) is 1. The summed E-state index contributed by atoms with van der Waals surface area (Å²) in [5.41, 5.74) is 0.486. The number of hydrogen-bond donors (Lipinski definition) is 0. The quantitative estimate of drug-likeness (QED) is 0.480. The standard InChI is InChI=1S/C13H11NO5/c1-8(15)11-5-6-12(19-11)10-4-3-9(14(16)17)7-13(10)18-2/h3-7H,1-2H3. The van der Waals surface area contributed by atoms with Crippen LogP contribution in [0.1, 0.15) is 17.5 Å². The van der Waals surface area contributed by atoms with Gasteiger partial charge in [-0.15, -0.1) is 0 Å². The molecule has 0 spiro atoms. The lowest BCUT2D eigenvalue weighted by Crippen LogP contribution is -1.92. The first-order valence-corrected chi connectivity index (χ1v) is 5.46. The molecule has 0 atom stereocenters. The van der Waals surface area contributed by atoms with Gasteiger partial charge in [-0.1, -0.05) is 0 Å². The Morgan fingerprint density at radius 3 is 2.58 bits per heavy atom. The van der Waals surface area contributed by atoms with Gasteiger partial charge in [-0.2, -0.15) is 0 Å². The zero-order valence-corrected chi connectivity index (χ0v) is 10.4. The van der Waals surface area contributed by atoms with Crippen molar-refractivity contribution in [2.24, 2.45) is 0 Å². The molecule has 0 fully saturated rings. The Bertz CT molecular complexity index is 644. The summed E-state index contributed by atoms with van der Waals surface area (Å²) < 4.78 is 10.5. The van der Waals surface area contributed by atoms with Crippen molar-refractivity contribution in [2.45, 2.75) is 6.92 Å². The van der Waals surface area contributed by atoms with Crippen molar-refractivity contribution in [2.75, 3.05) is 7.11 Å². The van der Waals surface area contributed by atoms with Crippen LogP contribution in [-0.4, -0.2) is 17.8 Å². The molecular formula is C13H11NO5. The molecule has 0 aliphatic heterocycles. The molecule has 0 bridgehead atoms. The molecule has 98 valence electrons. The minimum atomic E-state index is -0.505. The fourth-order valence-corrected chi connectivity index (χ4v) is 1.67. The van der Waals surface area contributed by atoms with E-state index in [1.54, 1.807) is 12.1 Å². The number of nitrogens with zero attached hydrogens (tertiary/aromatic N) is 1. The van der Waals surface area contributed by atoms with Gasteiger partial charge >= 0.3 is 0 Å². The van der Waals surface area contributed by atoms with Crippen LogP contribution in [0, 0.1) is 10.1 Å². The van der Waals surface area contributed by atoms with Crippen LogP contribution in [0.15, 0.2) is 34.7 Å². The van der Waals surface area contributed by atoms with Crippen molar-refractivity contribution in [3.05, 3.63) is 46.2 Å². The van der Waals surface area contributed by atoms with Gasteiger partial charge in [0.25, 0.3) is 5.69 Å². The molecule has 0 aliphatic carbocycles. The minimum absolute atomic E-state index is 0.0704. The van der Waals surface area contributed by atoms with Crippen molar-refractivity contribution in [3.63, 3.8) is 0 Å². The predicted octanol–water partition coefficient (Wildman–Crippen LogP) is 3.07. The zero-order chi connectivity index (χ0) is 14.0. The molecule has 6 nitrogen and oxygen atoms in total. The number of ketones is 1. The number of hydrogen-bond acceptors (Lipinski definition) is 5. The molecule has 2 aromatic rings. The number of benzene rings is 1. The fraction of sp³-hybridized carbons (Fsp3) is 0.154. The third-order valence-electron chi connectivity index (χ3n) is 2.61. The lowest BCUT2D eigenvalue weighted by molar-refractivity contribution is -0.384. The number of ether oxygens (including phenoxy) is 1. The van der Waals surface area contributed by atoms with Gasteiger partial charge in [0.1, 0.15) is 11.5 Å². The van der Waals surface area contributed by atoms with E-state index in [0.29, 0.717) is 17.1 Å². The number of methoxy groups -OCH3 is 1. The molecular weight excluding hydrogens is 250 g/mol. The van der Waals surface area contributed by atoms with Gasteiger partial charge in [0.15, 0.2) is 11.5 Å². The van der Waals surface area contributed by atoms with E-state index in [9.17, 15) is 14.9 Å². The van der Waals surface area contributed by atoms with Crippen LogP contribution in [0.2, 0.25) is 0 Å². The lowest BCUT2D eigenvalue weighted by Gasteiger charge is -2.05. The maximum absolute atomic E-state index is 11.2. The lowest BCUT2D eigenvalue weighted by atomic mass is 10.1. The van der Waals surface area contributed by atoms with Crippen molar-refractivity contribution < 1.29 is 18.9 Å². The highest BCUT2D eigenvalue weighted by molar-refractivity contribution is 5.92. The molecule has 2 rings (SSSR count). The SMILES string of the molecule is COc1cc([N+](=O)[O-])ccc1-c1ccc(C(C)=O)o1. The summed E-state index contributed by atoms with van der Waals surface area (Å²) in [6.45, 7) is 1.40. The van der Waals surface area contributed by atoms with Gasteiger partial charge in [0, 0.05) is 13.0 Å². The second-order valence-corrected chi connectivity index (χ2v) is 3.86. The number of non-ortho nitro benzene ring substituents is 1. The molecule has 1 heterocycles. The monoisotopic (exact) mass is 261 g/mol. The van der Waals surface area contributed by atoms with E-state index in [1.807, 2.05) is 0 Å². The zero-order valence-electron chi connectivity index (χ0n) is 10.4. The van der Waals surface area contributed by atoms with Crippen molar-refractivity contribution in [1.82, 2.24) is 0 Å². The van der Waals surface area contributed by atoms with Crippen LogP contribution in [0.5, 0.6) is 5.75 Å². The Morgan fingerprint density at radius 2 is 2.05 bits per heavy atom. The number of nitro groups is 1. The molecule has 0 unspecified atom stereocenters. The van der Waals surface area contributed by atoms with E-state index in [-0.39, 0.29) is 17.2 Å². The average molecular weight is 261 g/mol. The number of carbonyl (C=O) groups is 1. The molecule has 1 aromatic heterocycles. The number of furan rings is 1. The van der Waals surface area contributed by atoms with Gasteiger partial charge in [-0.25, -0.2) is 0 Å². The molecule has 0 N–H and O–H groups in total. The highest BCUT2D eigenvalue weighted by atomic mass is 16.6. The maximum atomic E-state index is 11.2. The second-order valence-electron chi connectivity index (χ2n) is 3.86. The average Bonchev–Trinajstić information content (AvgIpc) is 2.87. The first kappa shape index (κ1) is 12.8. The smallest absolute Gasteiger partial charge is 0.273 e. The highest BCUT2D eigenvalue weighted by Gasteiger charge is 2.16. The first-order valence-electron chi connectivity index (χ1n) is 5.46. The topological polar surface area (TPSA) is 82.6 Å². The summed E-state index contributed by atoms with van der Waals surface area (Å²) in [5.74, 6) is 0.790. The molecule has 0 amide bonds. The van der Waals surface area contributed by atoms with Crippen LogP contribution in [0.4, 0.5) is 5.69 Å². The second kappa shape index (κ2) is 4.93. The summed E-state index contributed by atoms with van der Waals surface area (Å²) in [4.78, 5) is 21.4. The minimum Gasteiger partial charge on any atom is -0.496 e. The van der Waals surface area contributed by atoms with Gasteiger partial charge in [0.2, 0.25) is 0 Å². The van der Waals surface area contributed by atoms with E-state index in [1.165, 1.54) is 32.2 Å². The Labute approximate surface area is 108 Å². The van der Waals surface area contributed by atoms with E-state index < -0.39 is 4.92 Å². The summed E-state index contributed by atoms with van der Waals surface area (Å²) in [5, 5.41) is 10.7. The van der Waals surface area contributed by atoms with E-state index in [4.69, 9.17) is 9.15 Å². The van der Waals surface area contributed by atoms with E-state index >= 15 is 0 Å². The largest absolute Gasteiger partial charge is 0.496 e. The van der Waals surface area contributed by atoms with Gasteiger partial charge in [-0.3, -0.25) is 14.9 Å². The normalized spacial score (nSPS) is 10.2. The molecule has 0 aliphatic rings. The number of carbonyl (C=O) groups excluding carboxylic acids is 1. The third kappa shape index (κ3) is 2.47. The number of nitro benzene ring substituents is 1. The van der Waals surface area contributed by atoms with E-state index in [0.717, 1.165) is 0 Å². The van der Waals surface area contributed by atoms with Crippen LogP contribution >= 0.6 is 0 Å². The van der Waals surface area contributed by atoms with E-state index in [2.05, 4.69) is 0 Å². The molecule has 6 heteroatoms. The Hall–Kier alpha value is -2.63. The number of rotatable bonds is 4. The molecule has 0 saturated carbocycles. The highest BCUT2D eigenvalue weighted by Crippen LogP contribution is 2.34. The Morgan fingerprint density at radius 1 is 1.32 bits per heavy atom. The summed E-state index contributed by atoms with van der Waals surface area (Å²) >= 11 is 0. The first-order chi connectivity index (χ1) is 9.02. The Balaban J connectivity index is 2.48. The van der Waals surface area contributed by atoms with Crippen molar-refractivity contribution in [3.8, 4) is 17.1 Å². The fourth-order valence-electron chi connectivity index (χ4n) is 1.67. The summed E-state index contributed by atoms with van der Waals surface area (Å²) in [6, 6.07) is 7.37. The molecule has 1 aromatic carbocycles. The maximum Gasteiger partial charge on any atom is 0.273 e. The summed E-state index contributed by atoms with van der Waals surface area (Å²) in [6.07, 6.45) is 0. The van der Waals surface area contributed by atoms with Gasteiger partial charge in [-0.05, 0) is 18.2 Å². The van der Waals surface area contributed by atoms with Crippen LogP contribution in [0.25, 0.3) is 11.3 Å². The van der Waals surface area contributed by atoms with Gasteiger partial charge in [0.05, 0.1) is 23.7 Å². The van der Waals surface area contributed by atoms with Crippen LogP contribution < -0.4 is 4.74 Å². The Kier molecular flexibility index (Phi) is 3.33. The molecule has 0 radical (unpaired) electrons. The van der Waals surface area contributed by atoms with Crippen LogP contribution in [0.3, 0.4) is 0 Å². The summed E-state index contributed by atoms with van der Waals surface area (Å²) in [7, 11) is 1.41. The van der Waals surface area contributed by atoms with Crippen molar-refractivity contribution >= 4 is 11.5 Å². The molecule has 0 saturated heterocycles. The predicted molar refractivity (Wildman–Crippen MR) is 67.4 cm³/mol. The van der Waals surface area contributed by atoms with Crippen molar-refractivity contribution in [1.29, 1.82) is 0 Å². The van der Waals surface area contributed by atoms with Gasteiger partial charge < -0.3 is 9.15 Å². The molecule has 19 heavy (non-hydrogen) atoms. The third-order valence-corrected chi connectivity index (χ3v) is 2.61. The van der Waals surface area contributed by atoms with Crippen LogP contribution in [-0.2, 0) is 0 Å².